The van der Waals surface area contributed by atoms with Crippen molar-refractivity contribution in [2.45, 2.75) is 10.9 Å². The summed E-state index contributed by atoms with van der Waals surface area (Å²) in [7, 11) is 1.97. The van der Waals surface area contributed by atoms with Crippen LogP contribution in [0.15, 0.2) is 29.0 Å². The van der Waals surface area contributed by atoms with E-state index in [0.717, 1.165) is 21.2 Å². The van der Waals surface area contributed by atoms with E-state index >= 15 is 0 Å². The van der Waals surface area contributed by atoms with Gasteiger partial charge in [-0.25, -0.2) is 15.0 Å². The lowest BCUT2D eigenvalue weighted by atomic mass is 10.4. The lowest BCUT2D eigenvalue weighted by Gasteiger charge is -2.02. The highest BCUT2D eigenvalue weighted by Gasteiger charge is 2.08. The molecule has 0 aromatic carbocycles. The summed E-state index contributed by atoms with van der Waals surface area (Å²) < 4.78 is 1.97. The molecule has 0 saturated heterocycles. The van der Waals surface area contributed by atoms with Gasteiger partial charge in [-0.1, -0.05) is 11.8 Å². The number of nitrogen functional groups attached to an aromatic ring is 1. The number of hydrogen-bond acceptors (Lipinski definition) is 6. The molecule has 18 heavy (non-hydrogen) atoms. The Bertz CT molecular complexity index is 688. The number of fused-ring (bicyclic) bond motifs is 1. The van der Waals surface area contributed by atoms with E-state index in [4.69, 9.17) is 5.73 Å². The first-order valence-electron chi connectivity index (χ1n) is 5.34. The van der Waals surface area contributed by atoms with E-state index in [1.807, 2.05) is 29.3 Å². The molecule has 0 saturated carbocycles. The van der Waals surface area contributed by atoms with Crippen LogP contribution in [-0.4, -0.2) is 19.5 Å². The van der Waals surface area contributed by atoms with Crippen molar-refractivity contribution in [3.8, 4) is 0 Å². The molecule has 3 rings (SSSR count). The van der Waals surface area contributed by atoms with Gasteiger partial charge in [-0.15, -0.1) is 11.3 Å². The zero-order valence-corrected chi connectivity index (χ0v) is 11.3. The predicted octanol–water partition coefficient (Wildman–Crippen LogP) is 2.30. The topological polar surface area (TPSA) is 69.6 Å². The van der Waals surface area contributed by atoms with Gasteiger partial charge in [0.25, 0.3) is 0 Å². The maximum Gasteiger partial charge on any atom is 0.168 e. The number of imidazole rings is 1. The van der Waals surface area contributed by atoms with Gasteiger partial charge in [0.2, 0.25) is 0 Å². The summed E-state index contributed by atoms with van der Waals surface area (Å²) in [5.41, 5.74) is 5.91. The fourth-order valence-corrected chi connectivity index (χ4v) is 3.19. The maximum atomic E-state index is 5.91. The second-order valence-corrected chi connectivity index (χ2v) is 5.61. The first-order chi connectivity index (χ1) is 8.74. The van der Waals surface area contributed by atoms with Gasteiger partial charge in [0.15, 0.2) is 5.16 Å². The minimum atomic E-state index is 0.552. The highest BCUT2D eigenvalue weighted by molar-refractivity contribution is 7.98. The molecule has 2 N–H and O–H groups in total. The van der Waals surface area contributed by atoms with Crippen LogP contribution in [-0.2, 0) is 12.8 Å². The molecule has 0 radical (unpaired) electrons. The van der Waals surface area contributed by atoms with Gasteiger partial charge in [0, 0.05) is 19.4 Å². The van der Waals surface area contributed by atoms with Crippen molar-refractivity contribution < 1.29 is 0 Å². The second-order valence-electron chi connectivity index (χ2n) is 3.77. The van der Waals surface area contributed by atoms with Gasteiger partial charge in [0.05, 0.1) is 11.1 Å². The molecule has 92 valence electrons. The standard InChI is InChI=1S/C11H11N5S2/c1-16-4-3-13-11(16)18-6-8-14-9(12)7-2-5-17-10(7)15-8/h2-5H,6H2,1H3,(H2,12,14,15). The number of anilines is 1. The van der Waals surface area contributed by atoms with E-state index in [-0.39, 0.29) is 0 Å². The zero-order valence-electron chi connectivity index (χ0n) is 9.70. The SMILES string of the molecule is Cn1ccnc1SCc1nc(N)c2ccsc2n1. The van der Waals surface area contributed by atoms with Gasteiger partial charge in [0.1, 0.15) is 16.5 Å². The highest BCUT2D eigenvalue weighted by Crippen LogP contribution is 2.25. The highest BCUT2D eigenvalue weighted by atomic mass is 32.2. The van der Waals surface area contributed by atoms with Crippen LogP contribution in [0.2, 0.25) is 0 Å². The fraction of sp³-hybridized carbons (Fsp3) is 0.182. The molecule has 3 aromatic rings. The van der Waals surface area contributed by atoms with Crippen LogP contribution in [0, 0.1) is 0 Å². The van der Waals surface area contributed by atoms with E-state index in [1.165, 1.54) is 0 Å². The van der Waals surface area contributed by atoms with Crippen LogP contribution in [0.1, 0.15) is 5.82 Å². The smallest absolute Gasteiger partial charge is 0.168 e. The van der Waals surface area contributed by atoms with E-state index < -0.39 is 0 Å². The van der Waals surface area contributed by atoms with Crippen LogP contribution in [0.3, 0.4) is 0 Å². The molecule has 3 heterocycles. The van der Waals surface area contributed by atoms with Crippen molar-refractivity contribution in [2.24, 2.45) is 7.05 Å². The lowest BCUT2D eigenvalue weighted by molar-refractivity contribution is 0.789. The number of thiophene rings is 1. The summed E-state index contributed by atoms with van der Waals surface area (Å²) in [5, 5.41) is 3.86. The summed E-state index contributed by atoms with van der Waals surface area (Å²) in [6.45, 7) is 0. The van der Waals surface area contributed by atoms with Crippen LogP contribution in [0.4, 0.5) is 5.82 Å². The van der Waals surface area contributed by atoms with Crippen LogP contribution in [0.25, 0.3) is 10.2 Å². The number of nitrogens with zero attached hydrogens (tertiary/aromatic N) is 4. The lowest BCUT2D eigenvalue weighted by Crippen LogP contribution is -1.99. The first kappa shape index (κ1) is 11.5. The van der Waals surface area contributed by atoms with Crippen molar-refractivity contribution in [3.63, 3.8) is 0 Å². The maximum absolute atomic E-state index is 5.91. The largest absolute Gasteiger partial charge is 0.383 e. The Morgan fingerprint density at radius 1 is 1.44 bits per heavy atom. The van der Waals surface area contributed by atoms with Gasteiger partial charge < -0.3 is 10.3 Å². The Morgan fingerprint density at radius 3 is 3.11 bits per heavy atom. The molecule has 0 atom stereocenters. The van der Waals surface area contributed by atoms with Gasteiger partial charge in [-0.2, -0.15) is 0 Å². The summed E-state index contributed by atoms with van der Waals surface area (Å²) in [6.07, 6.45) is 3.69. The summed E-state index contributed by atoms with van der Waals surface area (Å²) in [6, 6.07) is 1.95. The Balaban J connectivity index is 1.84. The number of aromatic nitrogens is 4. The van der Waals surface area contributed by atoms with Crippen molar-refractivity contribution in [3.05, 3.63) is 29.7 Å². The van der Waals surface area contributed by atoms with Crippen molar-refractivity contribution in [1.82, 2.24) is 19.5 Å². The Morgan fingerprint density at radius 2 is 2.33 bits per heavy atom. The third-order valence-corrected chi connectivity index (χ3v) is 4.37. The first-order valence-corrected chi connectivity index (χ1v) is 7.20. The Hall–Kier alpha value is -1.60. The molecule has 0 aliphatic heterocycles. The third-order valence-electron chi connectivity index (χ3n) is 2.51. The molecule has 0 aliphatic carbocycles. The minimum absolute atomic E-state index is 0.552. The number of rotatable bonds is 3. The van der Waals surface area contributed by atoms with Crippen LogP contribution >= 0.6 is 23.1 Å². The molecule has 0 amide bonds. The van der Waals surface area contributed by atoms with Gasteiger partial charge in [-0.3, -0.25) is 0 Å². The quantitative estimate of drug-likeness (QED) is 0.744. The normalized spacial score (nSPS) is 11.2. The summed E-state index contributed by atoms with van der Waals surface area (Å²) in [5.74, 6) is 1.97. The van der Waals surface area contributed by atoms with Crippen LogP contribution in [0.5, 0.6) is 0 Å². The third kappa shape index (κ3) is 2.06. The van der Waals surface area contributed by atoms with E-state index in [0.29, 0.717) is 11.6 Å². The monoisotopic (exact) mass is 277 g/mol. The van der Waals surface area contributed by atoms with Crippen molar-refractivity contribution in [1.29, 1.82) is 0 Å². The number of aryl methyl sites for hydroxylation is 1. The average molecular weight is 277 g/mol. The minimum Gasteiger partial charge on any atom is -0.383 e. The molecule has 0 bridgehead atoms. The molecule has 0 unspecified atom stereocenters. The molecular weight excluding hydrogens is 266 g/mol. The second kappa shape index (κ2) is 4.58. The van der Waals surface area contributed by atoms with Crippen molar-refractivity contribution >= 4 is 39.1 Å². The fourth-order valence-electron chi connectivity index (χ4n) is 1.61. The average Bonchev–Trinajstić information content (AvgIpc) is 2.95. The number of nitrogens with two attached hydrogens (primary N) is 1. The van der Waals surface area contributed by atoms with E-state index in [9.17, 15) is 0 Å². The molecule has 0 aliphatic rings. The zero-order chi connectivity index (χ0) is 12.5. The van der Waals surface area contributed by atoms with Crippen LogP contribution < -0.4 is 5.73 Å². The van der Waals surface area contributed by atoms with Gasteiger partial charge in [-0.05, 0) is 11.4 Å². The molecule has 5 nitrogen and oxygen atoms in total. The molecule has 0 fully saturated rings. The molecular formula is C11H11N5S2. The molecule has 0 spiro atoms. The van der Waals surface area contributed by atoms with Crippen molar-refractivity contribution in [2.75, 3.05) is 5.73 Å². The molecule has 7 heteroatoms. The molecule has 3 aromatic heterocycles. The summed E-state index contributed by atoms with van der Waals surface area (Å²) in [4.78, 5) is 14.0. The number of thioether (sulfide) groups is 1. The Labute approximate surface area is 112 Å². The van der Waals surface area contributed by atoms with E-state index in [1.54, 1.807) is 29.3 Å². The summed E-state index contributed by atoms with van der Waals surface area (Å²) >= 11 is 3.18. The van der Waals surface area contributed by atoms with E-state index in [2.05, 4.69) is 15.0 Å². The predicted molar refractivity (Wildman–Crippen MR) is 74.6 cm³/mol. The van der Waals surface area contributed by atoms with Gasteiger partial charge >= 0.3 is 0 Å². The Kier molecular flexibility index (Phi) is 2.92. The number of hydrogen-bond donors (Lipinski definition) is 1.